The van der Waals surface area contributed by atoms with Gasteiger partial charge < -0.3 is 10.5 Å². The van der Waals surface area contributed by atoms with Crippen molar-refractivity contribution in [1.29, 1.82) is 0 Å². The maximum absolute atomic E-state index is 10.4. The van der Waals surface area contributed by atoms with Crippen LogP contribution in [0.3, 0.4) is 0 Å². The summed E-state index contributed by atoms with van der Waals surface area (Å²) in [5.74, 6) is 0.493. The van der Waals surface area contributed by atoms with E-state index in [1.807, 2.05) is 0 Å². The number of esters is 1. The second-order valence-corrected chi connectivity index (χ2v) is 3.27. The molecule has 0 rings (SSSR count). The highest BCUT2D eigenvalue weighted by molar-refractivity contribution is 5.74. The Kier molecular flexibility index (Phi) is 9.93. The van der Waals surface area contributed by atoms with Gasteiger partial charge in [0.05, 0.1) is 6.61 Å². The summed E-state index contributed by atoms with van der Waals surface area (Å²) in [6, 6.07) is -0.491. The summed E-state index contributed by atoms with van der Waals surface area (Å²) in [7, 11) is 0. The second-order valence-electron chi connectivity index (χ2n) is 3.27. The largest absolute Gasteiger partial charge is 0.465 e. The number of nitrogens with two attached hydrogens (primary N) is 1. The Labute approximate surface area is 75.3 Å². The van der Waals surface area contributed by atoms with Crippen LogP contribution in [0.15, 0.2) is 0 Å². The standard InChI is InChI=1S/C5H11NO2.C4H10/c1-3-8-5(7)4(2)6;1-4(2)3/h4H,3,6H2,1-2H3;4H,1-3H3. The lowest BCUT2D eigenvalue weighted by Crippen LogP contribution is -2.28. The maximum atomic E-state index is 10.4. The van der Waals surface area contributed by atoms with Gasteiger partial charge in [-0.3, -0.25) is 4.79 Å². The van der Waals surface area contributed by atoms with Crippen molar-refractivity contribution in [3.05, 3.63) is 0 Å². The van der Waals surface area contributed by atoms with Crippen molar-refractivity contribution in [2.75, 3.05) is 6.61 Å². The third-order valence-corrected chi connectivity index (χ3v) is 0.658. The minimum atomic E-state index is -0.491. The number of carbonyl (C=O) groups is 1. The van der Waals surface area contributed by atoms with Crippen molar-refractivity contribution in [2.24, 2.45) is 11.7 Å². The molecule has 1 unspecified atom stereocenters. The van der Waals surface area contributed by atoms with E-state index >= 15 is 0 Å². The lowest BCUT2D eigenvalue weighted by molar-refractivity contribution is -0.144. The van der Waals surface area contributed by atoms with Crippen molar-refractivity contribution in [3.8, 4) is 0 Å². The number of ether oxygens (including phenoxy) is 1. The van der Waals surface area contributed by atoms with Gasteiger partial charge in [0.25, 0.3) is 0 Å². The highest BCUT2D eigenvalue weighted by Crippen LogP contribution is 1.81. The summed E-state index contributed by atoms with van der Waals surface area (Å²) in [4.78, 5) is 10.4. The molecular formula is C9H21NO2. The van der Waals surface area contributed by atoms with Crippen molar-refractivity contribution < 1.29 is 9.53 Å². The van der Waals surface area contributed by atoms with Crippen LogP contribution in [0.2, 0.25) is 0 Å². The Balaban J connectivity index is 0. The Morgan fingerprint density at radius 3 is 1.75 bits per heavy atom. The third-order valence-electron chi connectivity index (χ3n) is 0.658. The summed E-state index contributed by atoms with van der Waals surface area (Å²) in [5, 5.41) is 0. The van der Waals surface area contributed by atoms with Gasteiger partial charge in [-0.1, -0.05) is 20.8 Å². The van der Waals surface area contributed by atoms with E-state index in [4.69, 9.17) is 5.73 Å². The van der Waals surface area contributed by atoms with Gasteiger partial charge in [0.1, 0.15) is 6.04 Å². The van der Waals surface area contributed by atoms with E-state index in [0.29, 0.717) is 6.61 Å². The smallest absolute Gasteiger partial charge is 0.322 e. The molecule has 0 aromatic carbocycles. The summed E-state index contributed by atoms with van der Waals surface area (Å²) in [5.41, 5.74) is 5.15. The van der Waals surface area contributed by atoms with Crippen LogP contribution in [0.25, 0.3) is 0 Å². The van der Waals surface area contributed by atoms with E-state index in [2.05, 4.69) is 25.5 Å². The Bertz CT molecular complexity index is 108. The molecule has 0 amide bonds. The fraction of sp³-hybridized carbons (Fsp3) is 0.889. The van der Waals surface area contributed by atoms with Crippen LogP contribution in [0.4, 0.5) is 0 Å². The van der Waals surface area contributed by atoms with Crippen LogP contribution in [0, 0.1) is 5.92 Å². The zero-order valence-corrected chi connectivity index (χ0v) is 8.76. The van der Waals surface area contributed by atoms with Gasteiger partial charge in [0, 0.05) is 0 Å². The summed E-state index contributed by atoms with van der Waals surface area (Å²) < 4.78 is 4.54. The molecule has 0 aliphatic rings. The first-order valence-electron chi connectivity index (χ1n) is 4.34. The van der Waals surface area contributed by atoms with Crippen LogP contribution >= 0.6 is 0 Å². The molecule has 0 aromatic rings. The van der Waals surface area contributed by atoms with Crippen molar-refractivity contribution >= 4 is 5.97 Å². The minimum absolute atomic E-state index is 0.340. The number of carbonyl (C=O) groups excluding carboxylic acids is 1. The molecule has 0 saturated carbocycles. The quantitative estimate of drug-likeness (QED) is 0.648. The zero-order valence-electron chi connectivity index (χ0n) is 8.76. The highest BCUT2D eigenvalue weighted by atomic mass is 16.5. The SMILES string of the molecule is CC(C)C.CCOC(=O)C(C)N. The van der Waals surface area contributed by atoms with Crippen LogP contribution in [0.5, 0.6) is 0 Å². The summed E-state index contributed by atoms with van der Waals surface area (Å²) >= 11 is 0. The van der Waals surface area contributed by atoms with E-state index in [1.54, 1.807) is 13.8 Å². The molecule has 2 N–H and O–H groups in total. The summed E-state index contributed by atoms with van der Waals surface area (Å²) in [6.07, 6.45) is 0. The first kappa shape index (κ1) is 14.0. The van der Waals surface area contributed by atoms with Crippen LogP contribution in [-0.2, 0) is 9.53 Å². The van der Waals surface area contributed by atoms with Gasteiger partial charge in [-0.2, -0.15) is 0 Å². The minimum Gasteiger partial charge on any atom is -0.465 e. The van der Waals surface area contributed by atoms with Gasteiger partial charge in [-0.25, -0.2) is 0 Å². The van der Waals surface area contributed by atoms with Crippen molar-refractivity contribution in [3.63, 3.8) is 0 Å². The molecule has 0 heterocycles. The van der Waals surface area contributed by atoms with E-state index in [-0.39, 0.29) is 5.97 Å². The molecule has 0 saturated heterocycles. The van der Waals surface area contributed by atoms with Crippen molar-refractivity contribution in [2.45, 2.75) is 40.7 Å². The normalized spacial score (nSPS) is 11.6. The molecule has 74 valence electrons. The predicted molar refractivity (Wildman–Crippen MR) is 50.8 cm³/mol. The molecule has 0 radical (unpaired) electrons. The lowest BCUT2D eigenvalue weighted by atomic mass is 10.3. The number of hydrogen-bond acceptors (Lipinski definition) is 3. The van der Waals surface area contributed by atoms with E-state index in [9.17, 15) is 4.79 Å². The molecule has 3 nitrogen and oxygen atoms in total. The average molecular weight is 175 g/mol. The summed E-state index contributed by atoms with van der Waals surface area (Å²) in [6.45, 7) is 10.2. The van der Waals surface area contributed by atoms with E-state index < -0.39 is 6.04 Å². The van der Waals surface area contributed by atoms with Gasteiger partial charge in [-0.05, 0) is 19.8 Å². The van der Waals surface area contributed by atoms with E-state index in [1.165, 1.54) is 0 Å². The van der Waals surface area contributed by atoms with Crippen LogP contribution in [0.1, 0.15) is 34.6 Å². The molecule has 0 aromatic heterocycles. The molecule has 0 spiro atoms. The topological polar surface area (TPSA) is 52.3 Å². The maximum Gasteiger partial charge on any atom is 0.322 e. The van der Waals surface area contributed by atoms with Crippen LogP contribution in [-0.4, -0.2) is 18.6 Å². The fourth-order valence-electron chi connectivity index (χ4n) is 0.274. The highest BCUT2D eigenvalue weighted by Gasteiger charge is 2.05. The fourth-order valence-corrected chi connectivity index (χ4v) is 0.274. The van der Waals surface area contributed by atoms with Gasteiger partial charge >= 0.3 is 5.97 Å². The number of hydrogen-bond donors (Lipinski definition) is 1. The van der Waals surface area contributed by atoms with Gasteiger partial charge in [0.15, 0.2) is 0 Å². The monoisotopic (exact) mass is 175 g/mol. The molecule has 12 heavy (non-hydrogen) atoms. The van der Waals surface area contributed by atoms with Gasteiger partial charge in [0.2, 0.25) is 0 Å². The molecule has 0 aliphatic carbocycles. The molecule has 3 heteroatoms. The molecule has 0 fully saturated rings. The van der Waals surface area contributed by atoms with Gasteiger partial charge in [-0.15, -0.1) is 0 Å². The Hall–Kier alpha value is -0.570. The molecule has 0 bridgehead atoms. The molecule has 1 atom stereocenters. The van der Waals surface area contributed by atoms with E-state index in [0.717, 1.165) is 5.92 Å². The predicted octanol–water partition coefficient (Wildman–Crippen LogP) is 1.56. The average Bonchev–Trinajstić information content (AvgIpc) is 1.86. The molecular weight excluding hydrogens is 154 g/mol. The Morgan fingerprint density at radius 2 is 1.67 bits per heavy atom. The third kappa shape index (κ3) is 16.2. The first-order valence-corrected chi connectivity index (χ1v) is 4.34. The number of rotatable bonds is 2. The van der Waals surface area contributed by atoms with Crippen LogP contribution < -0.4 is 5.73 Å². The zero-order chi connectivity index (χ0) is 10.1. The first-order chi connectivity index (χ1) is 5.41. The Morgan fingerprint density at radius 1 is 1.33 bits per heavy atom. The molecule has 0 aliphatic heterocycles. The second kappa shape index (κ2) is 8.53. The lowest BCUT2D eigenvalue weighted by Gasteiger charge is -2.02. The van der Waals surface area contributed by atoms with Crippen molar-refractivity contribution in [1.82, 2.24) is 0 Å².